The molecule has 6 nitrogen and oxygen atoms in total. The highest BCUT2D eigenvalue weighted by atomic mass is 32.1. The van der Waals surface area contributed by atoms with Crippen LogP contribution in [0.3, 0.4) is 0 Å². The predicted molar refractivity (Wildman–Crippen MR) is 106 cm³/mol. The van der Waals surface area contributed by atoms with Crippen LogP contribution < -0.4 is 5.32 Å². The lowest BCUT2D eigenvalue weighted by Gasteiger charge is -2.41. The summed E-state index contributed by atoms with van der Waals surface area (Å²) in [6.07, 6.45) is 0. The fourth-order valence-electron chi connectivity index (χ4n) is 3.56. The Morgan fingerprint density at radius 1 is 1.19 bits per heavy atom. The summed E-state index contributed by atoms with van der Waals surface area (Å²) in [6, 6.07) is 4.14. The zero-order valence-electron chi connectivity index (χ0n) is 16.4. The van der Waals surface area contributed by atoms with Crippen LogP contribution in [0.25, 0.3) is 0 Å². The van der Waals surface area contributed by atoms with Crippen molar-refractivity contribution in [3.8, 4) is 0 Å². The highest BCUT2D eigenvalue weighted by Crippen LogP contribution is 2.29. The molecule has 0 saturated carbocycles. The molecule has 2 amide bonds. The van der Waals surface area contributed by atoms with E-state index in [4.69, 9.17) is 0 Å². The summed E-state index contributed by atoms with van der Waals surface area (Å²) in [5.41, 5.74) is 0. The molecule has 1 saturated heterocycles. The Bertz CT molecular complexity index is 566. The average Bonchev–Trinajstić information content (AvgIpc) is 3.17. The summed E-state index contributed by atoms with van der Waals surface area (Å²) >= 11 is 1.71. The number of rotatable bonds is 7. The smallest absolute Gasteiger partial charge is 0.311 e. The molecule has 0 spiro atoms. The van der Waals surface area contributed by atoms with Crippen LogP contribution in [0.4, 0.5) is 0 Å². The van der Waals surface area contributed by atoms with Gasteiger partial charge in [-0.1, -0.05) is 13.0 Å². The minimum atomic E-state index is -0.505. The van der Waals surface area contributed by atoms with Crippen molar-refractivity contribution in [3.63, 3.8) is 0 Å². The van der Waals surface area contributed by atoms with Gasteiger partial charge in [-0.15, -0.1) is 11.3 Å². The van der Waals surface area contributed by atoms with Gasteiger partial charge in [-0.05, 0) is 38.8 Å². The van der Waals surface area contributed by atoms with Crippen LogP contribution in [0, 0.1) is 0 Å². The third kappa shape index (κ3) is 5.05. The van der Waals surface area contributed by atoms with Crippen molar-refractivity contribution in [1.29, 1.82) is 0 Å². The average molecular weight is 381 g/mol. The van der Waals surface area contributed by atoms with Crippen LogP contribution in [0.5, 0.6) is 0 Å². The van der Waals surface area contributed by atoms with Gasteiger partial charge in [0.1, 0.15) is 0 Å². The number of nitrogens with one attached hydrogen (secondary N) is 1. The molecule has 2 rings (SSSR count). The van der Waals surface area contributed by atoms with E-state index in [0.717, 1.165) is 32.7 Å². The van der Waals surface area contributed by atoms with Gasteiger partial charge in [0, 0.05) is 50.2 Å². The van der Waals surface area contributed by atoms with Crippen molar-refractivity contribution in [3.05, 3.63) is 22.4 Å². The van der Waals surface area contributed by atoms with Gasteiger partial charge in [-0.2, -0.15) is 0 Å². The number of hydrogen-bond donors (Lipinski definition) is 1. The van der Waals surface area contributed by atoms with E-state index in [-0.39, 0.29) is 12.1 Å². The Morgan fingerprint density at radius 2 is 1.85 bits per heavy atom. The van der Waals surface area contributed by atoms with Crippen molar-refractivity contribution < 1.29 is 9.59 Å². The summed E-state index contributed by atoms with van der Waals surface area (Å²) in [7, 11) is 0. The second kappa shape index (κ2) is 10.0. The van der Waals surface area contributed by atoms with Crippen LogP contribution in [-0.2, 0) is 9.59 Å². The lowest BCUT2D eigenvalue weighted by Crippen LogP contribution is -2.54. The molecule has 1 fully saturated rings. The maximum atomic E-state index is 12.4. The van der Waals surface area contributed by atoms with Crippen molar-refractivity contribution >= 4 is 23.2 Å². The number of likely N-dealkylation sites (N-methyl/N-ethyl adjacent to an activating group) is 2. The lowest BCUT2D eigenvalue weighted by molar-refractivity contribution is -0.146. The number of piperazine rings is 1. The maximum absolute atomic E-state index is 12.4. The Morgan fingerprint density at radius 3 is 2.35 bits per heavy atom. The zero-order valence-corrected chi connectivity index (χ0v) is 17.2. The topological polar surface area (TPSA) is 55.9 Å². The van der Waals surface area contributed by atoms with E-state index in [9.17, 15) is 9.59 Å². The molecule has 7 heteroatoms. The molecule has 0 aliphatic carbocycles. The van der Waals surface area contributed by atoms with Gasteiger partial charge in [-0.3, -0.25) is 14.5 Å². The molecule has 1 aliphatic heterocycles. The summed E-state index contributed by atoms with van der Waals surface area (Å²) in [5.74, 6) is -0.947. The van der Waals surface area contributed by atoms with Crippen molar-refractivity contribution in [2.24, 2.45) is 0 Å². The molecule has 2 atom stereocenters. The van der Waals surface area contributed by atoms with Gasteiger partial charge in [-0.25, -0.2) is 0 Å². The maximum Gasteiger partial charge on any atom is 0.311 e. The molecule has 0 aromatic carbocycles. The summed E-state index contributed by atoms with van der Waals surface area (Å²) < 4.78 is 0. The first kappa shape index (κ1) is 20.9. The highest BCUT2D eigenvalue weighted by molar-refractivity contribution is 7.10. The first-order valence-electron chi connectivity index (χ1n) is 9.61. The number of carbonyl (C=O) groups is 2. The lowest BCUT2D eigenvalue weighted by atomic mass is 10.0. The Balaban J connectivity index is 2.08. The number of hydrogen-bond acceptors (Lipinski definition) is 5. The van der Waals surface area contributed by atoms with Crippen LogP contribution in [0.15, 0.2) is 17.5 Å². The normalized spacial score (nSPS) is 18.3. The summed E-state index contributed by atoms with van der Waals surface area (Å²) in [6.45, 7) is 14.2. The second-order valence-electron chi connectivity index (χ2n) is 6.67. The molecule has 1 N–H and O–H groups in total. The number of thiophene rings is 1. The molecule has 2 unspecified atom stereocenters. The van der Waals surface area contributed by atoms with Crippen LogP contribution in [0.1, 0.15) is 38.6 Å². The van der Waals surface area contributed by atoms with Gasteiger partial charge in [0.25, 0.3) is 0 Å². The quantitative estimate of drug-likeness (QED) is 0.733. The predicted octanol–water partition coefficient (Wildman–Crippen LogP) is 1.80. The van der Waals surface area contributed by atoms with Gasteiger partial charge in [0.2, 0.25) is 0 Å². The van der Waals surface area contributed by atoms with Crippen molar-refractivity contribution in [2.45, 2.75) is 39.8 Å². The third-order valence-corrected chi connectivity index (χ3v) is 6.10. The van der Waals surface area contributed by atoms with E-state index in [1.54, 1.807) is 16.2 Å². The first-order chi connectivity index (χ1) is 12.5. The molecule has 1 aromatic rings. The summed E-state index contributed by atoms with van der Waals surface area (Å²) in [4.78, 5) is 32.4. The Labute approximate surface area is 161 Å². The number of amides is 2. The molecule has 0 radical (unpaired) electrons. The Hall–Kier alpha value is -1.44. The van der Waals surface area contributed by atoms with Crippen LogP contribution >= 0.6 is 11.3 Å². The largest absolute Gasteiger partial charge is 0.343 e. The third-order valence-electron chi connectivity index (χ3n) is 5.16. The minimum absolute atomic E-state index is 0.0995. The fourth-order valence-corrected chi connectivity index (χ4v) is 4.53. The van der Waals surface area contributed by atoms with Gasteiger partial charge >= 0.3 is 11.8 Å². The molecule has 1 aliphatic rings. The minimum Gasteiger partial charge on any atom is -0.343 e. The van der Waals surface area contributed by atoms with E-state index in [1.807, 2.05) is 26.8 Å². The van der Waals surface area contributed by atoms with Gasteiger partial charge in [0.15, 0.2) is 0 Å². The highest BCUT2D eigenvalue weighted by Gasteiger charge is 2.32. The second-order valence-corrected chi connectivity index (χ2v) is 7.65. The molecular formula is C19H32N4O2S. The van der Waals surface area contributed by atoms with Crippen LogP contribution in [-0.4, -0.2) is 78.4 Å². The van der Waals surface area contributed by atoms with Gasteiger partial charge < -0.3 is 15.1 Å². The molecule has 2 heterocycles. The molecule has 0 bridgehead atoms. The molecule has 1 aromatic heterocycles. The first-order valence-corrected chi connectivity index (χ1v) is 10.5. The van der Waals surface area contributed by atoms with E-state index in [1.165, 1.54) is 4.88 Å². The van der Waals surface area contributed by atoms with E-state index < -0.39 is 11.8 Å². The number of carbonyl (C=O) groups excluding carboxylic acids is 2. The van der Waals surface area contributed by atoms with Crippen molar-refractivity contribution in [1.82, 2.24) is 20.0 Å². The number of nitrogens with zero attached hydrogens (tertiary/aromatic N) is 3. The monoisotopic (exact) mass is 380 g/mol. The molecule has 146 valence electrons. The SMILES string of the molecule is CCN1CCN(C(c2cccs2)C(C)NC(=O)C(=O)N(CC)CC)CC1. The Kier molecular flexibility index (Phi) is 8.06. The van der Waals surface area contributed by atoms with E-state index in [0.29, 0.717) is 13.1 Å². The molecule has 26 heavy (non-hydrogen) atoms. The van der Waals surface area contributed by atoms with E-state index in [2.05, 4.69) is 33.5 Å². The van der Waals surface area contributed by atoms with Gasteiger partial charge in [0.05, 0.1) is 6.04 Å². The standard InChI is InChI=1S/C19H32N4O2S/c1-5-21-10-12-23(13-11-21)17(16-9-8-14-26-16)15(4)20-18(24)19(25)22(6-2)7-3/h8-9,14-15,17H,5-7,10-13H2,1-4H3,(H,20,24). The molecular weight excluding hydrogens is 348 g/mol. The van der Waals surface area contributed by atoms with Crippen molar-refractivity contribution in [2.75, 3.05) is 45.8 Å². The zero-order chi connectivity index (χ0) is 19.1. The fraction of sp³-hybridized carbons (Fsp3) is 0.684. The van der Waals surface area contributed by atoms with Crippen LogP contribution in [0.2, 0.25) is 0 Å². The summed E-state index contributed by atoms with van der Waals surface area (Å²) in [5, 5.41) is 5.03. The van der Waals surface area contributed by atoms with E-state index >= 15 is 0 Å².